The molecule has 0 aliphatic carbocycles. The van der Waals surface area contributed by atoms with Crippen LogP contribution in [0.3, 0.4) is 0 Å². The summed E-state index contributed by atoms with van der Waals surface area (Å²) in [6, 6.07) is 0. The molecule has 0 spiro atoms. The van der Waals surface area contributed by atoms with Gasteiger partial charge in [-0.3, -0.25) is 0 Å². The molecule has 1 nitrogen and oxygen atoms in total. The van der Waals surface area contributed by atoms with E-state index in [4.69, 9.17) is 4.74 Å². The Morgan fingerprint density at radius 2 is 1.11 bits per heavy atom. The van der Waals surface area contributed by atoms with Crippen molar-refractivity contribution in [3.05, 3.63) is 0 Å². The van der Waals surface area contributed by atoms with Crippen LogP contribution in [0.15, 0.2) is 0 Å². The normalized spacial score (nSPS) is 21.8. The van der Waals surface area contributed by atoms with Gasteiger partial charge in [-0.25, -0.2) is 0 Å². The number of epoxide rings is 1. The largest absolute Gasteiger partial charge is 0.370 e. The Hall–Kier alpha value is -0.0400. The summed E-state index contributed by atoms with van der Waals surface area (Å²) in [7, 11) is 0. The van der Waals surface area contributed by atoms with Gasteiger partial charge in [0.15, 0.2) is 0 Å². The standard InChI is InChI=1S/C18H36O/c1-3-5-6-7-8-9-10-11-12-13-14-15-16-18(4-2)17-19-18/h3-17H2,1-2H3. The Balaban J connectivity index is 1.70. The number of hydrogen-bond donors (Lipinski definition) is 0. The van der Waals surface area contributed by atoms with Crippen LogP contribution >= 0.6 is 0 Å². The molecule has 1 heterocycles. The van der Waals surface area contributed by atoms with Gasteiger partial charge in [-0.2, -0.15) is 0 Å². The Morgan fingerprint density at radius 3 is 1.47 bits per heavy atom. The third-order valence-electron chi connectivity index (χ3n) is 4.68. The molecule has 0 radical (unpaired) electrons. The van der Waals surface area contributed by atoms with Crippen molar-refractivity contribution in [3.63, 3.8) is 0 Å². The zero-order chi connectivity index (χ0) is 13.8. The Kier molecular flexibility index (Phi) is 9.59. The average molecular weight is 268 g/mol. The van der Waals surface area contributed by atoms with Gasteiger partial charge in [-0.15, -0.1) is 0 Å². The Labute approximate surface area is 121 Å². The van der Waals surface area contributed by atoms with Crippen molar-refractivity contribution in [1.82, 2.24) is 0 Å². The van der Waals surface area contributed by atoms with Crippen molar-refractivity contribution in [1.29, 1.82) is 0 Å². The Bertz CT molecular complexity index is 196. The number of unbranched alkanes of at least 4 members (excludes halogenated alkanes) is 11. The van der Waals surface area contributed by atoms with Gasteiger partial charge in [0.1, 0.15) is 0 Å². The molecule has 114 valence electrons. The summed E-state index contributed by atoms with van der Waals surface area (Å²) in [5.41, 5.74) is 0.332. The van der Waals surface area contributed by atoms with Crippen molar-refractivity contribution in [2.24, 2.45) is 0 Å². The highest BCUT2D eigenvalue weighted by Gasteiger charge is 2.41. The second kappa shape index (κ2) is 10.7. The van der Waals surface area contributed by atoms with E-state index in [0.717, 1.165) is 6.61 Å². The second-order valence-corrected chi connectivity index (χ2v) is 6.46. The molecular formula is C18H36O. The van der Waals surface area contributed by atoms with Gasteiger partial charge in [0.2, 0.25) is 0 Å². The van der Waals surface area contributed by atoms with Crippen LogP contribution in [0.25, 0.3) is 0 Å². The maximum atomic E-state index is 5.55. The fourth-order valence-electron chi connectivity index (χ4n) is 2.92. The van der Waals surface area contributed by atoms with Gasteiger partial charge in [-0.1, -0.05) is 90.9 Å². The summed E-state index contributed by atoms with van der Waals surface area (Å²) in [5.74, 6) is 0. The maximum absolute atomic E-state index is 5.55. The first kappa shape index (κ1) is 17.0. The molecule has 1 fully saturated rings. The summed E-state index contributed by atoms with van der Waals surface area (Å²) in [6.07, 6.45) is 19.8. The highest BCUT2D eigenvalue weighted by Crippen LogP contribution is 2.36. The van der Waals surface area contributed by atoms with Gasteiger partial charge in [0.05, 0.1) is 12.2 Å². The van der Waals surface area contributed by atoms with Crippen LogP contribution < -0.4 is 0 Å². The number of rotatable bonds is 14. The molecule has 0 aromatic rings. The molecule has 1 unspecified atom stereocenters. The molecule has 19 heavy (non-hydrogen) atoms. The minimum atomic E-state index is 0.332. The van der Waals surface area contributed by atoms with E-state index in [2.05, 4.69) is 13.8 Å². The molecule has 1 saturated heterocycles. The molecule has 0 aromatic heterocycles. The second-order valence-electron chi connectivity index (χ2n) is 6.46. The van der Waals surface area contributed by atoms with E-state index in [0.29, 0.717) is 5.60 Å². The first-order valence-corrected chi connectivity index (χ1v) is 8.97. The van der Waals surface area contributed by atoms with Crippen molar-refractivity contribution in [2.75, 3.05) is 6.61 Å². The van der Waals surface area contributed by atoms with Crippen molar-refractivity contribution in [3.8, 4) is 0 Å². The van der Waals surface area contributed by atoms with Crippen LogP contribution in [0.2, 0.25) is 0 Å². The molecule has 1 heteroatoms. The van der Waals surface area contributed by atoms with Crippen LogP contribution in [-0.2, 0) is 4.74 Å². The van der Waals surface area contributed by atoms with Crippen molar-refractivity contribution >= 4 is 0 Å². The van der Waals surface area contributed by atoms with Gasteiger partial charge in [0.25, 0.3) is 0 Å². The third-order valence-corrected chi connectivity index (χ3v) is 4.68. The van der Waals surface area contributed by atoms with E-state index in [-0.39, 0.29) is 0 Å². The SMILES string of the molecule is CCCCCCCCCCCCCCC1(CC)CO1. The molecule has 1 rings (SSSR count). The lowest BCUT2D eigenvalue weighted by molar-refractivity contribution is 0.274. The van der Waals surface area contributed by atoms with Crippen LogP contribution in [-0.4, -0.2) is 12.2 Å². The summed E-state index contributed by atoms with van der Waals surface area (Å²) in [6.45, 7) is 5.58. The van der Waals surface area contributed by atoms with E-state index in [9.17, 15) is 0 Å². The molecule has 0 saturated carbocycles. The predicted octanol–water partition coefficient (Wildman–Crippen LogP) is 6.26. The minimum absolute atomic E-state index is 0.332. The van der Waals surface area contributed by atoms with Crippen molar-refractivity contribution < 1.29 is 4.74 Å². The fourth-order valence-corrected chi connectivity index (χ4v) is 2.92. The number of ether oxygens (including phenoxy) is 1. The lowest BCUT2D eigenvalue weighted by atomic mass is 9.98. The molecule has 0 N–H and O–H groups in total. The van der Waals surface area contributed by atoms with E-state index in [1.807, 2.05) is 0 Å². The summed E-state index contributed by atoms with van der Waals surface area (Å²) >= 11 is 0. The highest BCUT2D eigenvalue weighted by atomic mass is 16.6. The van der Waals surface area contributed by atoms with Crippen LogP contribution in [0.1, 0.15) is 104 Å². The van der Waals surface area contributed by atoms with E-state index in [1.165, 1.54) is 89.9 Å². The van der Waals surface area contributed by atoms with E-state index in [1.54, 1.807) is 0 Å². The lowest BCUT2D eigenvalue weighted by Crippen LogP contribution is -2.08. The molecule has 0 amide bonds. The predicted molar refractivity (Wildman–Crippen MR) is 84.7 cm³/mol. The third kappa shape index (κ3) is 8.68. The summed E-state index contributed by atoms with van der Waals surface area (Å²) < 4.78 is 5.55. The van der Waals surface area contributed by atoms with Gasteiger partial charge in [0, 0.05) is 0 Å². The zero-order valence-corrected chi connectivity index (χ0v) is 13.5. The van der Waals surface area contributed by atoms with Gasteiger partial charge < -0.3 is 4.74 Å². The van der Waals surface area contributed by atoms with Gasteiger partial charge in [-0.05, 0) is 12.8 Å². The highest BCUT2D eigenvalue weighted by molar-refractivity contribution is 4.90. The van der Waals surface area contributed by atoms with Gasteiger partial charge >= 0.3 is 0 Å². The fraction of sp³-hybridized carbons (Fsp3) is 1.00. The average Bonchev–Trinajstić information content (AvgIpc) is 3.21. The minimum Gasteiger partial charge on any atom is -0.370 e. The maximum Gasteiger partial charge on any atom is 0.0914 e. The topological polar surface area (TPSA) is 12.5 Å². The zero-order valence-electron chi connectivity index (χ0n) is 13.5. The monoisotopic (exact) mass is 268 g/mol. The molecule has 1 aliphatic rings. The smallest absolute Gasteiger partial charge is 0.0914 e. The van der Waals surface area contributed by atoms with E-state index >= 15 is 0 Å². The van der Waals surface area contributed by atoms with Crippen LogP contribution in [0.4, 0.5) is 0 Å². The van der Waals surface area contributed by atoms with E-state index < -0.39 is 0 Å². The quantitative estimate of drug-likeness (QED) is 0.268. The number of hydrogen-bond acceptors (Lipinski definition) is 1. The molecule has 0 aromatic carbocycles. The van der Waals surface area contributed by atoms with Crippen LogP contribution in [0.5, 0.6) is 0 Å². The Morgan fingerprint density at radius 1 is 0.684 bits per heavy atom. The molecule has 1 atom stereocenters. The summed E-state index contributed by atoms with van der Waals surface area (Å²) in [5, 5.41) is 0. The van der Waals surface area contributed by atoms with Crippen molar-refractivity contribution in [2.45, 2.75) is 109 Å². The lowest BCUT2D eigenvalue weighted by Gasteiger charge is -2.08. The van der Waals surface area contributed by atoms with Crippen LogP contribution in [0, 0.1) is 0 Å². The summed E-state index contributed by atoms with van der Waals surface area (Å²) in [4.78, 5) is 0. The molecule has 1 aliphatic heterocycles. The first-order chi connectivity index (χ1) is 9.33. The molecule has 0 bridgehead atoms. The first-order valence-electron chi connectivity index (χ1n) is 8.97. The molecular weight excluding hydrogens is 232 g/mol.